The van der Waals surface area contributed by atoms with Gasteiger partial charge >= 0.3 is 0 Å². The molecule has 0 saturated heterocycles. The molecule has 0 saturated carbocycles. The van der Waals surface area contributed by atoms with Gasteiger partial charge in [-0.3, -0.25) is 0 Å². The van der Waals surface area contributed by atoms with Crippen LogP contribution in [0.1, 0.15) is 55.5 Å². The molecular weight excluding hydrogens is 1420 g/mol. The van der Waals surface area contributed by atoms with Crippen LogP contribution in [0.2, 0.25) is 0 Å². The first-order chi connectivity index (χ1) is 60.9. The lowest BCUT2D eigenvalue weighted by Gasteiger charge is -2.42. The molecule has 0 radical (unpaired) electrons. The Kier molecular flexibility index (Phi) is 12.4. The maximum Gasteiger partial charge on any atom is 0.249 e. The van der Waals surface area contributed by atoms with Crippen LogP contribution in [0.5, 0.6) is 0 Å². The van der Waals surface area contributed by atoms with Crippen LogP contribution >= 0.6 is 11.8 Å². The van der Waals surface area contributed by atoms with E-state index in [2.05, 4.69) is 355 Å². The molecule has 2 aliphatic carbocycles. The third-order valence-corrected chi connectivity index (χ3v) is 26.6. The Morgan fingerprint density at radius 1 is 0.302 bits per heavy atom. The summed E-state index contributed by atoms with van der Waals surface area (Å²) in [6.07, 6.45) is 0. The highest BCUT2D eigenvalue weighted by molar-refractivity contribution is 8.00. The van der Waals surface area contributed by atoms with E-state index in [4.69, 9.17) is 4.42 Å². The van der Waals surface area contributed by atoms with Crippen molar-refractivity contribution in [2.24, 2.45) is 0 Å². The van der Waals surface area contributed by atoms with Crippen LogP contribution < -0.4 is 21.3 Å². The van der Waals surface area contributed by atoms with Crippen LogP contribution in [-0.4, -0.2) is 15.8 Å². The zero-order chi connectivity index (χ0) is 82.9. The van der Waals surface area contributed by atoms with Gasteiger partial charge in [0.15, 0.2) is 0 Å². The molecule has 4 nitrogen and oxygen atoms in total. The van der Waals surface area contributed by atoms with E-state index >= 15 is 0 Å². The summed E-state index contributed by atoms with van der Waals surface area (Å²) in [4.78, 5) is 4.65. The summed E-state index contributed by atoms with van der Waals surface area (Å²) in [7, 11) is 0. The SMILES string of the molecule is [2H]c1c([2H])c([2H])c2c(c1[2H])c1c([2H])c([2H])c([2H])c([2H])c1n2-c1ccc2c(c1)N(c1c(-c3ccc4c(c3)C(c3ccccc3)(c3ccccc3)c3ccccc3-4)cccc1-c1ccc3c(c1)C(c1ccccc1)(c1ccccc1)c1ccccc1-3)c1cc(-c3ccc4oc5ccccc5c4c3)cc3c1B2c1ccc2c(c1S3)c1ccccc1n2-c1ccccc1. The van der Waals surface area contributed by atoms with Crippen molar-refractivity contribution in [3.05, 3.63) is 457 Å². The van der Waals surface area contributed by atoms with Crippen LogP contribution in [0.3, 0.4) is 0 Å². The zero-order valence-corrected chi connectivity index (χ0v) is 63.2. The van der Waals surface area contributed by atoms with Crippen molar-refractivity contribution in [1.82, 2.24) is 9.13 Å². The largest absolute Gasteiger partial charge is 0.456 e. The molecule has 2 aliphatic heterocycles. The number of para-hydroxylation sites is 6. The molecule has 0 fully saturated rings. The third kappa shape index (κ3) is 9.07. The number of fused-ring (bicyclic) bond motifs is 20. The number of hydrogen-bond donors (Lipinski definition) is 0. The average Bonchev–Trinajstić information content (AvgIpc) is 1.40. The molecule has 0 atom stereocenters. The molecule has 18 aromatic carbocycles. The summed E-state index contributed by atoms with van der Waals surface area (Å²) in [6, 6.07) is 129. The maximum absolute atomic E-state index is 10.1. The normalized spacial score (nSPS) is 14.7. The van der Waals surface area contributed by atoms with Crippen molar-refractivity contribution < 1.29 is 15.4 Å². The summed E-state index contributed by atoms with van der Waals surface area (Å²) < 4.78 is 87.8. The van der Waals surface area contributed by atoms with Crippen molar-refractivity contribution >= 4 is 117 Å². The van der Waals surface area contributed by atoms with Gasteiger partial charge in [0.25, 0.3) is 0 Å². The van der Waals surface area contributed by atoms with Gasteiger partial charge in [0.2, 0.25) is 6.71 Å². The molecular formula is C110H68BN3OS. The minimum atomic E-state index is -0.791. The summed E-state index contributed by atoms with van der Waals surface area (Å²) >= 11 is 1.81. The van der Waals surface area contributed by atoms with E-state index in [1.54, 1.807) is 4.57 Å². The van der Waals surface area contributed by atoms with Gasteiger partial charge in [-0.25, -0.2) is 0 Å². The number of aromatic nitrogens is 2. The molecule has 4 aliphatic rings. The molecule has 0 spiro atoms. The van der Waals surface area contributed by atoms with Crippen LogP contribution in [0.4, 0.5) is 17.1 Å². The summed E-state index contributed by atoms with van der Waals surface area (Å²) in [5, 5.41) is 4.20. The number of nitrogens with zero attached hydrogens (tertiary/aromatic N) is 3. The lowest BCUT2D eigenvalue weighted by atomic mass is 9.34. The van der Waals surface area contributed by atoms with Crippen LogP contribution in [0.15, 0.2) is 427 Å². The highest BCUT2D eigenvalue weighted by atomic mass is 32.2. The second-order valence-corrected chi connectivity index (χ2v) is 32.0. The van der Waals surface area contributed by atoms with Crippen LogP contribution in [0, 0.1) is 0 Å². The van der Waals surface area contributed by atoms with E-state index in [1.807, 2.05) is 30.0 Å². The van der Waals surface area contributed by atoms with Gasteiger partial charge in [0, 0.05) is 76.0 Å². The Morgan fingerprint density at radius 2 is 0.793 bits per heavy atom. The number of anilines is 3. The Bertz CT molecular complexity index is 7860. The first-order valence-electron chi connectivity index (χ1n) is 43.6. The number of furan rings is 1. The summed E-state index contributed by atoms with van der Waals surface area (Å²) in [5.41, 5.74) is 28.5. The lowest BCUT2D eigenvalue weighted by Crippen LogP contribution is -2.60. The topological polar surface area (TPSA) is 26.2 Å². The molecule has 3 aromatic heterocycles. The Hall–Kier alpha value is -14.4. The Balaban J connectivity index is 0.851. The predicted molar refractivity (Wildman–Crippen MR) is 483 cm³/mol. The molecule has 116 heavy (non-hydrogen) atoms. The molecule has 6 heteroatoms. The second kappa shape index (κ2) is 25.0. The second-order valence-electron chi connectivity index (χ2n) is 31.0. The molecule has 0 unspecified atom stereocenters. The monoisotopic (exact) mass is 1500 g/mol. The molecule has 0 amide bonds. The highest BCUT2D eigenvalue weighted by Gasteiger charge is 2.50. The van der Waals surface area contributed by atoms with Crippen molar-refractivity contribution in [3.63, 3.8) is 0 Å². The minimum Gasteiger partial charge on any atom is -0.456 e. The van der Waals surface area contributed by atoms with E-state index in [-0.39, 0.29) is 33.9 Å². The van der Waals surface area contributed by atoms with E-state index in [0.717, 1.165) is 182 Å². The Labute approximate surface area is 687 Å². The van der Waals surface area contributed by atoms with Gasteiger partial charge in [-0.05, 0) is 191 Å². The number of benzene rings is 18. The van der Waals surface area contributed by atoms with Crippen LogP contribution in [0.25, 0.3) is 133 Å². The van der Waals surface area contributed by atoms with Gasteiger partial charge in [0.1, 0.15) is 11.2 Å². The smallest absolute Gasteiger partial charge is 0.249 e. The minimum absolute atomic E-state index is 0.00388. The molecule has 21 aromatic rings. The number of hydrogen-bond acceptors (Lipinski definition) is 3. The van der Waals surface area contributed by atoms with E-state index in [9.17, 15) is 11.0 Å². The summed E-state index contributed by atoms with van der Waals surface area (Å²) in [6.45, 7) is -0.478. The standard InChI is InChI=1S/C110H68BN3OS/c1-6-29-73(30-7-1)109(74-31-8-2-9-32-74)90-47-22-16-39-81(90)83-57-53-70(64-92(83)109)79-45-28-46-80(71-54-58-84-82-40-17-23-48-91(82)110(93(84)65-71,75-33-10-3-11-34-75)76-35-12-4-13-36-76)107(79)114-100-68-78(113-96-49-24-18-41-85(96)86-42-19-25-50-97(86)113)56-59-94(100)111-95-60-61-99-105(88-44-20-26-51-98(88)112(99)77-37-14-5-15-38-77)108(95)116-104-67-72(66-101(114)106(104)111)69-55-62-103-89(63-69)87-43-21-27-52-102(87)115-103/h1-68H/i18D,19D,24D,25D,41D,42D,49D,50D. The van der Waals surface area contributed by atoms with E-state index < -0.39 is 53.8 Å². The fourth-order valence-electron chi connectivity index (χ4n) is 20.7. The van der Waals surface area contributed by atoms with Crippen LogP contribution in [-0.2, 0) is 10.8 Å². The summed E-state index contributed by atoms with van der Waals surface area (Å²) in [5.74, 6) is 0. The number of rotatable bonds is 10. The predicted octanol–water partition coefficient (Wildman–Crippen LogP) is 26.3. The first-order valence-corrected chi connectivity index (χ1v) is 40.4. The average molecular weight is 1500 g/mol. The van der Waals surface area contributed by atoms with Gasteiger partial charge < -0.3 is 18.5 Å². The quantitative estimate of drug-likeness (QED) is 0.128. The van der Waals surface area contributed by atoms with Crippen molar-refractivity contribution in [3.8, 4) is 67.0 Å². The molecule has 0 N–H and O–H groups in total. The molecule has 0 bridgehead atoms. The fourth-order valence-corrected chi connectivity index (χ4v) is 22.1. The van der Waals surface area contributed by atoms with Crippen molar-refractivity contribution in [2.45, 2.75) is 20.6 Å². The molecule has 5 heterocycles. The molecule has 25 rings (SSSR count). The van der Waals surface area contributed by atoms with E-state index in [1.165, 1.54) is 11.1 Å². The fraction of sp³-hybridized carbons (Fsp3) is 0.0182. The lowest BCUT2D eigenvalue weighted by molar-refractivity contribution is 0.669. The maximum atomic E-state index is 10.1. The zero-order valence-electron chi connectivity index (χ0n) is 70.4. The van der Waals surface area contributed by atoms with E-state index in [0.29, 0.717) is 5.69 Å². The van der Waals surface area contributed by atoms with Gasteiger partial charge in [-0.2, -0.15) is 0 Å². The van der Waals surface area contributed by atoms with Gasteiger partial charge in [0.05, 0.1) is 49.6 Å². The Morgan fingerprint density at radius 3 is 1.41 bits per heavy atom. The molecule has 538 valence electrons. The highest BCUT2D eigenvalue weighted by Crippen LogP contribution is 2.61. The van der Waals surface area contributed by atoms with Gasteiger partial charge in [-0.15, -0.1) is 0 Å². The van der Waals surface area contributed by atoms with Gasteiger partial charge in [-0.1, -0.05) is 339 Å². The van der Waals surface area contributed by atoms with Crippen molar-refractivity contribution in [1.29, 1.82) is 0 Å². The first kappa shape index (κ1) is 57.6. The third-order valence-electron chi connectivity index (χ3n) is 25.4. The van der Waals surface area contributed by atoms with Crippen molar-refractivity contribution in [2.75, 3.05) is 4.90 Å².